The van der Waals surface area contributed by atoms with Crippen molar-refractivity contribution in [3.8, 4) is 0 Å². The van der Waals surface area contributed by atoms with Gasteiger partial charge in [-0.1, -0.05) is 6.42 Å². The molecule has 0 spiro atoms. The molecule has 0 bridgehead atoms. The number of alkyl halides is 3. The Bertz CT molecular complexity index is 357. The summed E-state index contributed by atoms with van der Waals surface area (Å²) in [6.45, 7) is 0.505. The number of amides is 1. The minimum Gasteiger partial charge on any atom is -0.356 e. The van der Waals surface area contributed by atoms with Crippen LogP contribution in [0.4, 0.5) is 13.2 Å². The van der Waals surface area contributed by atoms with E-state index in [0.29, 0.717) is 25.8 Å². The fraction of sp³-hybridized carbons (Fsp3) is 0.933. The van der Waals surface area contributed by atoms with Crippen LogP contribution < -0.4 is 11.1 Å². The van der Waals surface area contributed by atoms with Gasteiger partial charge in [0.1, 0.15) is 0 Å². The van der Waals surface area contributed by atoms with Crippen molar-refractivity contribution >= 4 is 18.3 Å². The predicted octanol–water partition coefficient (Wildman–Crippen LogP) is 3.41. The number of carbonyl (C=O) groups excluding carboxylic acids is 1. The highest BCUT2D eigenvalue weighted by atomic mass is 35.5. The number of halogens is 4. The summed E-state index contributed by atoms with van der Waals surface area (Å²) in [5, 5.41) is 2.88. The molecule has 2 rings (SSSR count). The van der Waals surface area contributed by atoms with E-state index < -0.39 is 12.1 Å². The van der Waals surface area contributed by atoms with Crippen molar-refractivity contribution in [2.24, 2.45) is 23.5 Å². The summed E-state index contributed by atoms with van der Waals surface area (Å²) in [7, 11) is 0. The number of hydrogen-bond acceptors (Lipinski definition) is 2. The molecule has 0 radical (unpaired) electrons. The third-order valence-electron chi connectivity index (χ3n) is 5.06. The van der Waals surface area contributed by atoms with Crippen molar-refractivity contribution in [1.29, 1.82) is 0 Å². The molecule has 0 heterocycles. The summed E-state index contributed by atoms with van der Waals surface area (Å²) in [6.07, 6.45) is 0.951. The Morgan fingerprint density at radius 3 is 2.23 bits per heavy atom. The molecule has 2 aliphatic rings. The largest absolute Gasteiger partial charge is 0.391 e. The van der Waals surface area contributed by atoms with Crippen molar-refractivity contribution in [3.63, 3.8) is 0 Å². The Morgan fingerprint density at radius 2 is 1.73 bits per heavy atom. The molecule has 0 aliphatic heterocycles. The third kappa shape index (κ3) is 5.61. The lowest BCUT2D eigenvalue weighted by atomic mass is 9.81. The lowest BCUT2D eigenvalue weighted by Gasteiger charge is -2.30. The van der Waals surface area contributed by atoms with Gasteiger partial charge in [0.2, 0.25) is 5.91 Å². The van der Waals surface area contributed by atoms with Crippen LogP contribution in [0, 0.1) is 17.8 Å². The van der Waals surface area contributed by atoms with Crippen molar-refractivity contribution in [1.82, 2.24) is 5.32 Å². The van der Waals surface area contributed by atoms with Gasteiger partial charge < -0.3 is 11.1 Å². The molecule has 0 unspecified atom stereocenters. The van der Waals surface area contributed by atoms with Crippen LogP contribution in [-0.2, 0) is 4.79 Å². The zero-order valence-electron chi connectivity index (χ0n) is 12.7. The lowest BCUT2D eigenvalue weighted by Crippen LogP contribution is -2.36. The van der Waals surface area contributed by atoms with Crippen LogP contribution in [0.15, 0.2) is 0 Å². The fourth-order valence-corrected chi connectivity index (χ4v) is 3.58. The van der Waals surface area contributed by atoms with Crippen LogP contribution >= 0.6 is 12.4 Å². The maximum Gasteiger partial charge on any atom is 0.391 e. The normalized spacial score (nSPS) is 32.4. The number of nitrogens with two attached hydrogens (primary N) is 1. The number of nitrogens with one attached hydrogen (secondary N) is 1. The second kappa shape index (κ2) is 8.39. The van der Waals surface area contributed by atoms with E-state index in [0.717, 1.165) is 19.3 Å². The van der Waals surface area contributed by atoms with Gasteiger partial charge in [-0.25, -0.2) is 0 Å². The molecular weight excluding hydrogens is 317 g/mol. The number of carbonyl (C=O) groups is 1. The van der Waals surface area contributed by atoms with E-state index in [-0.39, 0.29) is 49.0 Å². The molecule has 2 fully saturated rings. The third-order valence-corrected chi connectivity index (χ3v) is 5.06. The first-order chi connectivity index (χ1) is 9.86. The molecule has 0 aromatic carbocycles. The smallest absolute Gasteiger partial charge is 0.356 e. The van der Waals surface area contributed by atoms with Gasteiger partial charge in [0.05, 0.1) is 5.92 Å². The lowest BCUT2D eigenvalue weighted by molar-refractivity contribution is -0.183. The van der Waals surface area contributed by atoms with E-state index >= 15 is 0 Å². The van der Waals surface area contributed by atoms with E-state index in [2.05, 4.69) is 5.32 Å². The van der Waals surface area contributed by atoms with E-state index in [1.807, 2.05) is 0 Å². The Kier molecular flexibility index (Phi) is 7.46. The molecule has 0 saturated heterocycles. The average Bonchev–Trinajstić information content (AvgIpc) is 2.81. The van der Waals surface area contributed by atoms with Crippen LogP contribution in [0.3, 0.4) is 0 Å². The van der Waals surface area contributed by atoms with Crippen molar-refractivity contribution in [3.05, 3.63) is 0 Å². The molecule has 0 aromatic heterocycles. The summed E-state index contributed by atoms with van der Waals surface area (Å²) in [5.74, 6) is -0.702. The van der Waals surface area contributed by atoms with E-state index in [4.69, 9.17) is 5.73 Å². The molecule has 1 amide bonds. The average molecular weight is 343 g/mol. The Morgan fingerprint density at radius 1 is 1.09 bits per heavy atom. The standard InChI is InChI=1S/C15H25F3N2O.ClH/c16-15(17,18)12-6-4-10(5-7-12)9-20-14(21)8-11-2-1-3-13(11)19;/h10-13H,1-9,19H2,(H,20,21);1H/t10?,11-,12?,13+;/m0./s1. The van der Waals surface area contributed by atoms with E-state index in [1.54, 1.807) is 0 Å². The molecule has 3 N–H and O–H groups in total. The molecule has 130 valence electrons. The molecule has 2 saturated carbocycles. The molecule has 2 aliphatic carbocycles. The minimum absolute atomic E-state index is 0. The first-order valence-corrected chi connectivity index (χ1v) is 7.95. The maximum atomic E-state index is 12.6. The maximum absolute atomic E-state index is 12.6. The van der Waals surface area contributed by atoms with Crippen LogP contribution in [0.1, 0.15) is 51.4 Å². The Balaban J connectivity index is 0.00000242. The van der Waals surface area contributed by atoms with Gasteiger partial charge in [-0.2, -0.15) is 13.2 Å². The summed E-state index contributed by atoms with van der Waals surface area (Å²) < 4.78 is 37.7. The van der Waals surface area contributed by atoms with Gasteiger partial charge in [-0.05, 0) is 50.4 Å². The monoisotopic (exact) mass is 342 g/mol. The van der Waals surface area contributed by atoms with Gasteiger partial charge in [-0.3, -0.25) is 4.79 Å². The first kappa shape index (κ1) is 19.6. The molecule has 7 heteroatoms. The summed E-state index contributed by atoms with van der Waals surface area (Å²) >= 11 is 0. The van der Waals surface area contributed by atoms with E-state index in [1.165, 1.54) is 0 Å². The summed E-state index contributed by atoms with van der Waals surface area (Å²) in [6, 6.07) is 0.123. The van der Waals surface area contributed by atoms with E-state index in [9.17, 15) is 18.0 Å². The SMILES string of the molecule is Cl.N[C@@H]1CCC[C@H]1CC(=O)NCC1CCC(C(F)(F)F)CC1. The summed E-state index contributed by atoms with van der Waals surface area (Å²) in [5.41, 5.74) is 5.94. The first-order valence-electron chi connectivity index (χ1n) is 7.95. The highest BCUT2D eigenvalue weighted by Crippen LogP contribution is 2.39. The van der Waals surface area contributed by atoms with Crippen molar-refractivity contribution < 1.29 is 18.0 Å². The zero-order chi connectivity index (χ0) is 15.5. The summed E-state index contributed by atoms with van der Waals surface area (Å²) in [4.78, 5) is 11.9. The van der Waals surface area contributed by atoms with Gasteiger partial charge >= 0.3 is 6.18 Å². The van der Waals surface area contributed by atoms with Crippen LogP contribution in [-0.4, -0.2) is 24.7 Å². The van der Waals surface area contributed by atoms with Gasteiger partial charge in [0, 0.05) is 19.0 Å². The van der Waals surface area contributed by atoms with Crippen molar-refractivity contribution in [2.45, 2.75) is 63.6 Å². The van der Waals surface area contributed by atoms with Crippen LogP contribution in [0.2, 0.25) is 0 Å². The Hall–Kier alpha value is -0.490. The molecule has 2 atom stereocenters. The topological polar surface area (TPSA) is 55.1 Å². The second-order valence-corrected chi connectivity index (χ2v) is 6.62. The van der Waals surface area contributed by atoms with Crippen LogP contribution in [0.25, 0.3) is 0 Å². The molecule has 3 nitrogen and oxygen atoms in total. The predicted molar refractivity (Wildman–Crippen MR) is 81.7 cm³/mol. The Labute approximate surface area is 136 Å². The highest BCUT2D eigenvalue weighted by molar-refractivity contribution is 5.85. The second-order valence-electron chi connectivity index (χ2n) is 6.62. The molecule has 22 heavy (non-hydrogen) atoms. The number of hydrogen-bond donors (Lipinski definition) is 2. The quantitative estimate of drug-likeness (QED) is 0.822. The van der Waals surface area contributed by atoms with Gasteiger partial charge in [-0.15, -0.1) is 12.4 Å². The van der Waals surface area contributed by atoms with Gasteiger partial charge in [0.25, 0.3) is 0 Å². The minimum atomic E-state index is -4.06. The highest BCUT2D eigenvalue weighted by Gasteiger charge is 2.41. The van der Waals surface area contributed by atoms with Crippen LogP contribution in [0.5, 0.6) is 0 Å². The van der Waals surface area contributed by atoms with Gasteiger partial charge in [0.15, 0.2) is 0 Å². The van der Waals surface area contributed by atoms with Crippen molar-refractivity contribution in [2.75, 3.05) is 6.54 Å². The zero-order valence-corrected chi connectivity index (χ0v) is 13.5. The molecular formula is C15H26ClF3N2O. The fourth-order valence-electron chi connectivity index (χ4n) is 3.58. The number of rotatable bonds is 4. The molecule has 0 aromatic rings.